The quantitative estimate of drug-likeness (QED) is 0.249. The molecule has 2 bridgehead atoms. The summed E-state index contributed by atoms with van der Waals surface area (Å²) in [4.78, 5) is 36.8. The molecule has 1 aliphatic heterocycles. The molecule has 2 amide bonds. The molecule has 2 unspecified atom stereocenters. The molecule has 5 aromatic rings. The van der Waals surface area contributed by atoms with Crippen LogP contribution in [-0.4, -0.2) is 68.9 Å². The fourth-order valence-corrected chi connectivity index (χ4v) is 7.44. The summed E-state index contributed by atoms with van der Waals surface area (Å²) in [5.74, 6) is 2.87. The number of nitrogens with one attached hydrogen (secondary N) is 1. The minimum Gasteiger partial charge on any atom is -0.494 e. The molecule has 46 heavy (non-hydrogen) atoms. The van der Waals surface area contributed by atoms with Gasteiger partial charge in [-0.05, 0) is 79.5 Å². The highest BCUT2D eigenvalue weighted by Crippen LogP contribution is 2.40. The first-order valence-corrected chi connectivity index (χ1v) is 15.9. The number of fused-ring (bicyclic) bond motifs is 4. The van der Waals surface area contributed by atoms with Crippen LogP contribution in [0.5, 0.6) is 5.75 Å². The van der Waals surface area contributed by atoms with Crippen LogP contribution in [-0.2, 0) is 18.3 Å². The van der Waals surface area contributed by atoms with E-state index in [9.17, 15) is 9.59 Å². The Labute approximate surface area is 266 Å². The molecule has 2 saturated carbocycles. The lowest BCUT2D eigenvalue weighted by Gasteiger charge is -2.27. The lowest BCUT2D eigenvalue weighted by atomic mass is 10.1. The number of likely N-dealkylation sites (tertiary alicyclic amines) is 1. The van der Waals surface area contributed by atoms with Crippen LogP contribution in [0.4, 0.5) is 10.6 Å². The third-order valence-electron chi connectivity index (χ3n) is 10.1. The highest BCUT2D eigenvalue weighted by Gasteiger charge is 2.47. The second kappa shape index (κ2) is 10.9. The molecule has 11 nitrogen and oxygen atoms in total. The van der Waals surface area contributed by atoms with Crippen molar-refractivity contribution in [1.82, 2.24) is 24.0 Å². The maximum absolute atomic E-state index is 13.7. The van der Waals surface area contributed by atoms with E-state index in [1.54, 1.807) is 19.4 Å². The average Bonchev–Trinajstić information content (AvgIpc) is 3.48. The molecule has 3 fully saturated rings. The Kier molecular flexibility index (Phi) is 6.75. The predicted octanol–water partition coefficient (Wildman–Crippen LogP) is 5.42. The van der Waals surface area contributed by atoms with E-state index in [4.69, 9.17) is 15.5 Å². The molecule has 0 radical (unpaired) electrons. The van der Waals surface area contributed by atoms with Crippen molar-refractivity contribution >= 4 is 39.8 Å². The number of ether oxygens (including phenoxy) is 2. The Bertz CT molecular complexity index is 2010. The number of hydrogen-bond acceptors (Lipinski definition) is 7. The predicted molar refractivity (Wildman–Crippen MR) is 176 cm³/mol. The number of aromatic nitrogens is 4. The van der Waals surface area contributed by atoms with Crippen molar-refractivity contribution in [2.24, 2.45) is 24.6 Å². The van der Waals surface area contributed by atoms with Crippen molar-refractivity contribution in [3.05, 3.63) is 60.3 Å². The molecule has 2 aliphatic carbocycles. The minimum atomic E-state index is -0.558. The molecule has 11 heteroatoms. The normalized spacial score (nSPS) is 20.5. The van der Waals surface area contributed by atoms with Gasteiger partial charge in [0, 0.05) is 60.4 Å². The first-order chi connectivity index (χ1) is 22.3. The Morgan fingerprint density at radius 3 is 2.52 bits per heavy atom. The summed E-state index contributed by atoms with van der Waals surface area (Å²) in [7, 11) is 4.97. The number of carbonyl (C=O) groups is 2. The first kappa shape index (κ1) is 28.6. The highest BCUT2D eigenvalue weighted by molar-refractivity contribution is 6.00. The summed E-state index contributed by atoms with van der Waals surface area (Å²) in [6.07, 6.45) is 5.67. The van der Waals surface area contributed by atoms with Crippen molar-refractivity contribution in [3.8, 4) is 28.4 Å². The van der Waals surface area contributed by atoms with Gasteiger partial charge in [-0.2, -0.15) is 0 Å². The van der Waals surface area contributed by atoms with Crippen LogP contribution < -0.4 is 15.8 Å². The molecular weight excluding hydrogens is 582 g/mol. The number of nitrogens with zero attached hydrogens (tertiary/aromatic N) is 5. The van der Waals surface area contributed by atoms with Crippen LogP contribution in [0.2, 0.25) is 0 Å². The number of carbonyl (C=O) groups excluding carboxylic acids is 2. The number of rotatable bonds is 7. The van der Waals surface area contributed by atoms with E-state index >= 15 is 0 Å². The van der Waals surface area contributed by atoms with Crippen molar-refractivity contribution in [3.63, 3.8) is 0 Å². The van der Waals surface area contributed by atoms with Gasteiger partial charge in [0.05, 0.1) is 25.4 Å². The smallest absolute Gasteiger partial charge is 0.412 e. The van der Waals surface area contributed by atoms with Crippen LogP contribution >= 0.6 is 0 Å². The van der Waals surface area contributed by atoms with Gasteiger partial charge in [0.15, 0.2) is 5.82 Å². The van der Waals surface area contributed by atoms with Gasteiger partial charge in [-0.3, -0.25) is 10.1 Å². The first-order valence-electron chi connectivity index (χ1n) is 15.9. The summed E-state index contributed by atoms with van der Waals surface area (Å²) in [5, 5.41) is 3.71. The van der Waals surface area contributed by atoms with E-state index in [1.165, 1.54) is 20.0 Å². The van der Waals surface area contributed by atoms with Crippen LogP contribution in [0.25, 0.3) is 44.6 Å². The maximum atomic E-state index is 13.7. The zero-order valence-corrected chi connectivity index (χ0v) is 26.2. The van der Waals surface area contributed by atoms with E-state index < -0.39 is 6.09 Å². The summed E-state index contributed by atoms with van der Waals surface area (Å²) in [6.45, 7) is 1.61. The van der Waals surface area contributed by atoms with Crippen LogP contribution in [0.15, 0.2) is 54.7 Å². The van der Waals surface area contributed by atoms with Gasteiger partial charge in [0.1, 0.15) is 17.1 Å². The number of imidazole rings is 1. The molecule has 8 rings (SSSR count). The van der Waals surface area contributed by atoms with Gasteiger partial charge in [0.25, 0.3) is 5.91 Å². The Morgan fingerprint density at radius 1 is 1.02 bits per heavy atom. The van der Waals surface area contributed by atoms with Crippen molar-refractivity contribution in [1.29, 1.82) is 0 Å². The molecule has 0 spiro atoms. The lowest BCUT2D eigenvalue weighted by molar-refractivity contribution is 0.0700. The SMILES string of the molecule is COC(=O)Nc1ccc(-c2ccc3cc(-c4nc5cc(C(=O)N6CC7CCC6[C@@H]7N)cc(OC)c5n4C)n(CC4CC4)c3c2)cn1. The third kappa shape index (κ3) is 4.68. The van der Waals surface area contributed by atoms with Crippen LogP contribution in [0, 0.1) is 11.8 Å². The number of aryl methyl sites for hydroxylation is 1. The second-order valence-electron chi connectivity index (χ2n) is 12.9. The fourth-order valence-electron chi connectivity index (χ4n) is 7.44. The van der Waals surface area contributed by atoms with E-state index in [1.807, 2.05) is 30.1 Å². The van der Waals surface area contributed by atoms with Crippen LogP contribution in [0.3, 0.4) is 0 Å². The molecule has 2 aromatic carbocycles. The van der Waals surface area contributed by atoms with Gasteiger partial charge >= 0.3 is 6.09 Å². The van der Waals surface area contributed by atoms with Crippen molar-refractivity contribution < 1.29 is 19.1 Å². The second-order valence-corrected chi connectivity index (χ2v) is 12.9. The average molecular weight is 620 g/mol. The standard InChI is InChI=1S/C35H37N7O4/c1-40-32-25(12-24(15-29(32)45-2)34(43)42-18-23-8-10-26(42)31(23)36)38-33(40)28-14-21-7-6-20(13-27(21)41(28)17-19-4-5-19)22-9-11-30(37-16-22)39-35(44)46-3/h6-7,9,11-16,19,23,26,31H,4-5,8,10,17-18,36H2,1-3H3,(H,37,39,44)/t23?,26?,31-/m1/s1. The van der Waals surface area contributed by atoms with Crippen molar-refractivity contribution in [2.45, 2.75) is 44.3 Å². The van der Waals surface area contributed by atoms with Gasteiger partial charge in [0.2, 0.25) is 0 Å². The number of pyridine rings is 1. The fraction of sp³-hybridized carbons (Fsp3) is 0.371. The Morgan fingerprint density at radius 2 is 1.85 bits per heavy atom. The number of amides is 2. The largest absolute Gasteiger partial charge is 0.494 e. The van der Waals surface area contributed by atoms with Gasteiger partial charge in [-0.1, -0.05) is 12.1 Å². The minimum absolute atomic E-state index is 0.00553. The van der Waals surface area contributed by atoms with E-state index in [2.05, 4.69) is 48.4 Å². The molecular formula is C35H37N7O4. The molecule has 3 atom stereocenters. The van der Waals surface area contributed by atoms with Gasteiger partial charge in [-0.15, -0.1) is 0 Å². The number of benzene rings is 2. The molecule has 3 N–H and O–H groups in total. The number of hydrogen-bond donors (Lipinski definition) is 2. The number of anilines is 1. The van der Waals surface area contributed by atoms with E-state index in [0.717, 1.165) is 64.0 Å². The van der Waals surface area contributed by atoms with Crippen LogP contribution in [0.1, 0.15) is 36.0 Å². The molecule has 236 valence electrons. The zero-order valence-electron chi connectivity index (χ0n) is 26.2. The summed E-state index contributed by atoms with van der Waals surface area (Å²) >= 11 is 0. The number of piperidine rings is 1. The highest BCUT2D eigenvalue weighted by atomic mass is 16.5. The zero-order chi connectivity index (χ0) is 31.7. The Balaban J connectivity index is 1.19. The molecule has 4 heterocycles. The topological polar surface area (TPSA) is 130 Å². The molecule has 1 saturated heterocycles. The van der Waals surface area contributed by atoms with E-state index in [0.29, 0.717) is 35.5 Å². The third-order valence-corrected chi connectivity index (χ3v) is 10.1. The monoisotopic (exact) mass is 619 g/mol. The number of nitrogens with two attached hydrogens (primary N) is 1. The van der Waals surface area contributed by atoms with Crippen molar-refractivity contribution in [2.75, 3.05) is 26.1 Å². The molecule has 3 aliphatic rings. The van der Waals surface area contributed by atoms with Gasteiger partial charge < -0.3 is 29.2 Å². The number of methoxy groups -OCH3 is 2. The summed E-state index contributed by atoms with van der Waals surface area (Å²) in [6, 6.07) is 16.2. The van der Waals surface area contributed by atoms with E-state index in [-0.39, 0.29) is 18.0 Å². The van der Waals surface area contributed by atoms with Gasteiger partial charge in [-0.25, -0.2) is 14.8 Å². The molecule has 3 aromatic heterocycles. The summed E-state index contributed by atoms with van der Waals surface area (Å²) < 4.78 is 15.0. The Hall–Kier alpha value is -4.90. The lowest BCUT2D eigenvalue weighted by Crippen LogP contribution is -2.41. The summed E-state index contributed by atoms with van der Waals surface area (Å²) in [5.41, 5.74) is 12.7. The maximum Gasteiger partial charge on any atom is 0.412 e.